The highest BCUT2D eigenvalue weighted by molar-refractivity contribution is 7.14. The number of hydrogen-bond donors (Lipinski definition) is 2. The van der Waals surface area contributed by atoms with Crippen LogP contribution < -0.4 is 5.32 Å². The summed E-state index contributed by atoms with van der Waals surface area (Å²) in [4.78, 5) is 29.2. The molecule has 0 unspecified atom stereocenters. The van der Waals surface area contributed by atoms with Gasteiger partial charge in [-0.05, 0) is 36.2 Å². The Labute approximate surface area is 168 Å². The van der Waals surface area contributed by atoms with E-state index in [2.05, 4.69) is 10.3 Å². The summed E-state index contributed by atoms with van der Waals surface area (Å²) in [7, 11) is 0. The fraction of sp³-hybridized carbons (Fsp3) is 0.0500. The molecule has 0 aliphatic carbocycles. The van der Waals surface area contributed by atoms with E-state index >= 15 is 0 Å². The van der Waals surface area contributed by atoms with E-state index in [1.807, 2.05) is 19.1 Å². The Morgan fingerprint density at radius 2 is 1.93 bits per heavy atom. The number of nitrogens with one attached hydrogen (secondary N) is 1. The number of fused-ring (bicyclic) bond motifs is 1. The average Bonchev–Trinajstić information content (AvgIpc) is 3.27. The van der Waals surface area contributed by atoms with Crippen LogP contribution >= 0.6 is 22.9 Å². The van der Waals surface area contributed by atoms with E-state index < -0.39 is 11.9 Å². The van der Waals surface area contributed by atoms with Crippen LogP contribution in [0.15, 0.2) is 52.3 Å². The van der Waals surface area contributed by atoms with Crippen LogP contribution in [0.2, 0.25) is 5.02 Å². The van der Waals surface area contributed by atoms with Gasteiger partial charge in [0.25, 0.3) is 5.89 Å². The molecule has 2 N–H and O–H groups in total. The molecular weight excluding hydrogens is 400 g/mol. The third-order valence-corrected chi connectivity index (χ3v) is 5.46. The molecule has 8 heteroatoms. The third kappa shape index (κ3) is 3.26. The number of oxazole rings is 1. The standard InChI is InChI=1S/C20H13ClN2O4S/c1-10-3-2-4-14-16(10)23-19(27-14)18(24)22-13-9-28-17(15(13)20(25)26)11-5-7-12(21)8-6-11/h2-9H,1H3,(H,22,24)(H,25,26). The number of rotatable bonds is 4. The van der Waals surface area contributed by atoms with Gasteiger partial charge < -0.3 is 14.8 Å². The lowest BCUT2D eigenvalue weighted by Crippen LogP contribution is -2.14. The minimum atomic E-state index is -1.14. The molecule has 0 spiro atoms. The van der Waals surface area contributed by atoms with Gasteiger partial charge in [0.15, 0.2) is 5.58 Å². The van der Waals surface area contributed by atoms with Gasteiger partial charge in [-0.25, -0.2) is 9.78 Å². The number of carbonyl (C=O) groups excluding carboxylic acids is 1. The highest BCUT2D eigenvalue weighted by Crippen LogP contribution is 2.36. The quantitative estimate of drug-likeness (QED) is 0.463. The van der Waals surface area contributed by atoms with Crippen LogP contribution in [-0.4, -0.2) is 22.0 Å². The van der Waals surface area contributed by atoms with E-state index in [-0.39, 0.29) is 17.1 Å². The number of halogens is 1. The number of carboxylic acid groups (broad SMARTS) is 1. The molecule has 0 bridgehead atoms. The Kier molecular flexibility index (Phi) is 4.62. The summed E-state index contributed by atoms with van der Waals surface area (Å²) in [6, 6.07) is 12.2. The van der Waals surface area contributed by atoms with Gasteiger partial charge in [0.1, 0.15) is 11.1 Å². The lowest BCUT2D eigenvalue weighted by molar-refractivity contribution is 0.0699. The van der Waals surface area contributed by atoms with Gasteiger partial charge in [-0.15, -0.1) is 11.3 Å². The van der Waals surface area contributed by atoms with Crippen molar-refractivity contribution in [2.45, 2.75) is 6.92 Å². The van der Waals surface area contributed by atoms with Crippen molar-refractivity contribution in [3.63, 3.8) is 0 Å². The molecule has 2 aromatic heterocycles. The van der Waals surface area contributed by atoms with Gasteiger partial charge in [-0.1, -0.05) is 35.9 Å². The maximum Gasteiger partial charge on any atom is 0.339 e. The van der Waals surface area contributed by atoms with Crippen LogP contribution in [-0.2, 0) is 0 Å². The Bertz CT molecular complexity index is 1210. The zero-order valence-electron chi connectivity index (χ0n) is 14.5. The largest absolute Gasteiger partial charge is 0.478 e. The number of hydrogen-bond acceptors (Lipinski definition) is 5. The van der Waals surface area contributed by atoms with Crippen molar-refractivity contribution in [2.75, 3.05) is 5.32 Å². The molecule has 140 valence electrons. The number of anilines is 1. The number of carbonyl (C=O) groups is 2. The smallest absolute Gasteiger partial charge is 0.339 e. The molecule has 0 saturated heterocycles. The number of aryl methyl sites for hydroxylation is 1. The molecule has 0 fully saturated rings. The second-order valence-electron chi connectivity index (χ2n) is 6.06. The molecule has 0 atom stereocenters. The molecule has 1 amide bonds. The lowest BCUT2D eigenvalue weighted by atomic mass is 10.1. The first-order valence-corrected chi connectivity index (χ1v) is 9.48. The minimum absolute atomic E-state index is 0.00737. The second kappa shape index (κ2) is 7.10. The first kappa shape index (κ1) is 18.2. The molecule has 6 nitrogen and oxygen atoms in total. The van der Waals surface area contributed by atoms with Gasteiger partial charge in [0.05, 0.1) is 10.6 Å². The molecule has 2 aromatic carbocycles. The second-order valence-corrected chi connectivity index (χ2v) is 7.38. The van der Waals surface area contributed by atoms with Gasteiger partial charge in [0.2, 0.25) is 0 Å². The molecule has 4 aromatic rings. The van der Waals surface area contributed by atoms with E-state index in [9.17, 15) is 14.7 Å². The van der Waals surface area contributed by atoms with Crippen LogP contribution in [0.3, 0.4) is 0 Å². The van der Waals surface area contributed by atoms with Crippen LogP contribution in [0.5, 0.6) is 0 Å². The first-order valence-electron chi connectivity index (χ1n) is 8.22. The summed E-state index contributed by atoms with van der Waals surface area (Å²) < 4.78 is 5.51. The monoisotopic (exact) mass is 412 g/mol. The third-order valence-electron chi connectivity index (χ3n) is 4.17. The van der Waals surface area contributed by atoms with Crippen molar-refractivity contribution in [2.24, 2.45) is 0 Å². The number of amides is 1. The van der Waals surface area contributed by atoms with Crippen molar-refractivity contribution >= 4 is 51.6 Å². The van der Waals surface area contributed by atoms with Crippen LogP contribution in [0.25, 0.3) is 21.5 Å². The van der Waals surface area contributed by atoms with Crippen LogP contribution in [0.1, 0.15) is 26.6 Å². The van der Waals surface area contributed by atoms with Crippen LogP contribution in [0, 0.1) is 6.92 Å². The maximum absolute atomic E-state index is 12.6. The summed E-state index contributed by atoms with van der Waals surface area (Å²) >= 11 is 7.12. The van der Waals surface area contributed by atoms with E-state index in [1.54, 1.807) is 35.7 Å². The number of thiophene rings is 1. The van der Waals surface area contributed by atoms with Crippen molar-refractivity contribution in [1.82, 2.24) is 4.98 Å². The van der Waals surface area contributed by atoms with Crippen LogP contribution in [0.4, 0.5) is 5.69 Å². The topological polar surface area (TPSA) is 92.4 Å². The molecule has 0 aliphatic rings. The Morgan fingerprint density at radius 1 is 1.18 bits per heavy atom. The molecule has 0 radical (unpaired) electrons. The number of benzene rings is 2. The summed E-state index contributed by atoms with van der Waals surface area (Å²) in [5, 5.41) is 14.4. The summed E-state index contributed by atoms with van der Waals surface area (Å²) in [6.45, 7) is 1.87. The predicted molar refractivity (Wildman–Crippen MR) is 108 cm³/mol. The maximum atomic E-state index is 12.6. The molecule has 2 heterocycles. The van der Waals surface area contributed by atoms with Crippen molar-refractivity contribution in [3.8, 4) is 10.4 Å². The fourth-order valence-electron chi connectivity index (χ4n) is 2.84. The number of carboxylic acids is 1. The van der Waals surface area contributed by atoms with E-state index in [1.165, 1.54) is 11.3 Å². The Morgan fingerprint density at radius 3 is 2.61 bits per heavy atom. The highest BCUT2D eigenvalue weighted by atomic mass is 35.5. The fourth-order valence-corrected chi connectivity index (χ4v) is 3.96. The SMILES string of the molecule is Cc1cccc2oc(C(=O)Nc3csc(-c4ccc(Cl)cc4)c3C(=O)O)nc12. The molecular formula is C20H13ClN2O4S. The zero-order valence-corrected chi connectivity index (χ0v) is 16.1. The first-order chi connectivity index (χ1) is 13.4. The van der Waals surface area contributed by atoms with Gasteiger partial charge in [-0.3, -0.25) is 4.79 Å². The average molecular weight is 413 g/mol. The predicted octanol–water partition coefficient (Wildman–Crippen LogP) is 5.47. The zero-order chi connectivity index (χ0) is 19.8. The van der Waals surface area contributed by atoms with E-state index in [0.717, 1.165) is 5.56 Å². The summed E-state index contributed by atoms with van der Waals surface area (Å²) in [5.74, 6) is -1.88. The van der Waals surface area contributed by atoms with Gasteiger partial charge in [-0.2, -0.15) is 0 Å². The number of nitrogens with zero attached hydrogens (tertiary/aromatic N) is 1. The van der Waals surface area contributed by atoms with Crippen molar-refractivity contribution in [3.05, 3.63) is 69.9 Å². The summed E-state index contributed by atoms with van der Waals surface area (Å²) in [6.07, 6.45) is 0. The number of para-hydroxylation sites is 1. The molecule has 0 aliphatic heterocycles. The molecule has 0 saturated carbocycles. The normalized spacial score (nSPS) is 10.9. The van der Waals surface area contributed by atoms with Crippen molar-refractivity contribution < 1.29 is 19.1 Å². The number of aromatic nitrogens is 1. The Hall–Kier alpha value is -3.16. The molecule has 4 rings (SSSR count). The lowest BCUT2D eigenvalue weighted by Gasteiger charge is -2.04. The van der Waals surface area contributed by atoms with Crippen molar-refractivity contribution in [1.29, 1.82) is 0 Å². The van der Waals surface area contributed by atoms with Gasteiger partial charge in [0, 0.05) is 10.4 Å². The number of aromatic carboxylic acids is 1. The summed E-state index contributed by atoms with van der Waals surface area (Å²) in [5.41, 5.74) is 2.87. The minimum Gasteiger partial charge on any atom is -0.478 e. The van der Waals surface area contributed by atoms with Gasteiger partial charge >= 0.3 is 11.9 Å². The highest BCUT2D eigenvalue weighted by Gasteiger charge is 2.23. The molecule has 28 heavy (non-hydrogen) atoms. The van der Waals surface area contributed by atoms with E-state index in [4.69, 9.17) is 16.0 Å². The van der Waals surface area contributed by atoms with E-state index in [0.29, 0.717) is 26.6 Å². The Balaban J connectivity index is 1.69.